The first-order valence-electron chi connectivity index (χ1n) is 8.92. The fraction of sp³-hybridized carbons (Fsp3) is 0.300. The molecule has 26 heavy (non-hydrogen) atoms. The van der Waals surface area contributed by atoms with E-state index < -0.39 is 0 Å². The molecule has 1 N–H and O–H groups in total. The van der Waals surface area contributed by atoms with Gasteiger partial charge in [-0.3, -0.25) is 14.4 Å². The van der Waals surface area contributed by atoms with E-state index in [0.717, 1.165) is 50.2 Å². The van der Waals surface area contributed by atoms with Gasteiger partial charge in [0.1, 0.15) is 0 Å². The first kappa shape index (κ1) is 16.8. The van der Waals surface area contributed by atoms with E-state index in [4.69, 9.17) is 4.74 Å². The molecule has 2 aromatic carbocycles. The monoisotopic (exact) mass is 350 g/mol. The number of carbonyl (C=O) groups excluding carboxylic acids is 1. The number of hydrogen-bond donors (Lipinski definition) is 1. The maximum atomic E-state index is 12.7. The summed E-state index contributed by atoms with van der Waals surface area (Å²) in [7, 11) is 0. The Bertz CT molecular complexity index is 894. The van der Waals surface area contributed by atoms with Crippen LogP contribution in [0.1, 0.15) is 10.4 Å². The molecular weight excluding hydrogens is 328 g/mol. The number of ether oxygens (including phenoxy) is 1. The van der Waals surface area contributed by atoms with Gasteiger partial charge < -0.3 is 10.1 Å². The first-order valence-corrected chi connectivity index (χ1v) is 8.92. The normalized spacial score (nSPS) is 15.2. The van der Waals surface area contributed by atoms with Crippen LogP contribution in [0.4, 0.5) is 5.82 Å². The summed E-state index contributed by atoms with van der Waals surface area (Å²) in [5.41, 5.74) is 0.658. The van der Waals surface area contributed by atoms with Crippen LogP contribution < -0.4 is 5.32 Å². The molecule has 0 bridgehead atoms. The number of amides is 1. The molecule has 0 unspecified atom stereocenters. The van der Waals surface area contributed by atoms with Gasteiger partial charge in [-0.25, -0.2) is 0 Å². The lowest BCUT2D eigenvalue weighted by Gasteiger charge is -2.26. The van der Waals surface area contributed by atoms with E-state index in [1.165, 1.54) is 0 Å². The van der Waals surface area contributed by atoms with Gasteiger partial charge in [0.2, 0.25) is 0 Å². The van der Waals surface area contributed by atoms with Gasteiger partial charge >= 0.3 is 0 Å². The van der Waals surface area contributed by atoms with Crippen molar-refractivity contribution in [3.8, 4) is 0 Å². The van der Waals surface area contributed by atoms with Crippen LogP contribution in [-0.4, -0.2) is 53.4 Å². The molecule has 1 aromatic heterocycles. The van der Waals surface area contributed by atoms with Crippen molar-refractivity contribution in [2.75, 3.05) is 38.2 Å². The Kier molecular flexibility index (Phi) is 4.95. The molecule has 6 nitrogen and oxygen atoms in total. The largest absolute Gasteiger partial charge is 0.379 e. The average Bonchev–Trinajstić information content (AvgIpc) is 3.14. The van der Waals surface area contributed by atoms with E-state index in [2.05, 4.69) is 15.3 Å². The number of benzene rings is 2. The number of rotatable bonds is 5. The summed E-state index contributed by atoms with van der Waals surface area (Å²) >= 11 is 0. The Morgan fingerprint density at radius 3 is 2.73 bits per heavy atom. The molecule has 2 heterocycles. The highest BCUT2D eigenvalue weighted by Crippen LogP contribution is 2.19. The molecule has 1 aliphatic rings. The summed E-state index contributed by atoms with van der Waals surface area (Å²) in [4.78, 5) is 15.0. The Balaban J connectivity index is 1.41. The minimum Gasteiger partial charge on any atom is -0.379 e. The number of carbonyl (C=O) groups is 1. The zero-order chi connectivity index (χ0) is 17.8. The number of nitrogens with one attached hydrogen (secondary N) is 1. The van der Waals surface area contributed by atoms with Gasteiger partial charge in [-0.2, -0.15) is 5.10 Å². The van der Waals surface area contributed by atoms with E-state index in [-0.39, 0.29) is 5.91 Å². The lowest BCUT2D eigenvalue weighted by Crippen LogP contribution is -2.38. The standard InChI is InChI=1S/C20H22N4O2/c25-20(18-7-3-5-16-4-1-2-6-17(16)18)21-19-8-9-24(22-19)11-10-23-12-14-26-15-13-23/h1-9H,10-15H2,(H,21,22,25). The third kappa shape index (κ3) is 3.76. The van der Waals surface area contributed by atoms with E-state index in [1.807, 2.05) is 59.4 Å². The van der Waals surface area contributed by atoms with E-state index in [9.17, 15) is 4.79 Å². The molecule has 4 rings (SSSR count). The van der Waals surface area contributed by atoms with Crippen molar-refractivity contribution in [3.05, 3.63) is 60.3 Å². The summed E-state index contributed by atoms with van der Waals surface area (Å²) in [6.45, 7) is 5.25. The molecule has 1 aliphatic heterocycles. The van der Waals surface area contributed by atoms with Crippen molar-refractivity contribution in [2.45, 2.75) is 6.54 Å². The minimum absolute atomic E-state index is 0.139. The third-order valence-corrected chi connectivity index (χ3v) is 4.67. The van der Waals surface area contributed by atoms with Gasteiger partial charge in [0.15, 0.2) is 5.82 Å². The Hall–Kier alpha value is -2.70. The van der Waals surface area contributed by atoms with Crippen LogP contribution in [0.5, 0.6) is 0 Å². The van der Waals surface area contributed by atoms with Crippen molar-refractivity contribution in [1.29, 1.82) is 0 Å². The van der Waals surface area contributed by atoms with Crippen molar-refractivity contribution in [3.63, 3.8) is 0 Å². The highest BCUT2D eigenvalue weighted by Gasteiger charge is 2.12. The van der Waals surface area contributed by atoms with Crippen LogP contribution >= 0.6 is 0 Å². The molecule has 0 aliphatic carbocycles. The molecule has 6 heteroatoms. The van der Waals surface area contributed by atoms with Gasteiger partial charge in [0.05, 0.1) is 19.8 Å². The smallest absolute Gasteiger partial charge is 0.257 e. The molecule has 0 saturated carbocycles. The van der Waals surface area contributed by atoms with Crippen LogP contribution in [0, 0.1) is 0 Å². The van der Waals surface area contributed by atoms with Crippen molar-refractivity contribution in [1.82, 2.24) is 14.7 Å². The summed E-state index contributed by atoms with van der Waals surface area (Å²) in [6, 6.07) is 15.5. The van der Waals surface area contributed by atoms with Gasteiger partial charge in [-0.15, -0.1) is 0 Å². The highest BCUT2D eigenvalue weighted by atomic mass is 16.5. The topological polar surface area (TPSA) is 59.4 Å². The number of aromatic nitrogens is 2. The third-order valence-electron chi connectivity index (χ3n) is 4.67. The van der Waals surface area contributed by atoms with Gasteiger partial charge in [0, 0.05) is 37.5 Å². The van der Waals surface area contributed by atoms with Crippen LogP contribution in [0.2, 0.25) is 0 Å². The fourth-order valence-electron chi connectivity index (χ4n) is 3.23. The lowest BCUT2D eigenvalue weighted by atomic mass is 10.0. The number of anilines is 1. The van der Waals surface area contributed by atoms with Crippen LogP contribution in [0.3, 0.4) is 0 Å². The molecule has 1 fully saturated rings. The maximum absolute atomic E-state index is 12.7. The van der Waals surface area contributed by atoms with Gasteiger partial charge in [0.25, 0.3) is 5.91 Å². The molecule has 0 spiro atoms. The molecule has 134 valence electrons. The Morgan fingerprint density at radius 2 is 1.85 bits per heavy atom. The molecule has 0 atom stereocenters. The summed E-state index contributed by atoms with van der Waals surface area (Å²) < 4.78 is 7.23. The maximum Gasteiger partial charge on any atom is 0.257 e. The van der Waals surface area contributed by atoms with Crippen LogP contribution in [0.25, 0.3) is 10.8 Å². The molecular formula is C20H22N4O2. The molecule has 1 saturated heterocycles. The summed E-state index contributed by atoms with van der Waals surface area (Å²) in [5.74, 6) is 0.435. The molecule has 1 amide bonds. The predicted molar refractivity (Wildman–Crippen MR) is 101 cm³/mol. The quantitative estimate of drug-likeness (QED) is 0.768. The minimum atomic E-state index is -0.139. The van der Waals surface area contributed by atoms with Crippen LogP contribution in [-0.2, 0) is 11.3 Å². The summed E-state index contributed by atoms with van der Waals surface area (Å²) in [5, 5.41) is 9.37. The SMILES string of the molecule is O=C(Nc1ccn(CCN2CCOCC2)n1)c1cccc2ccccc12. The number of fused-ring (bicyclic) bond motifs is 1. The Morgan fingerprint density at radius 1 is 1.04 bits per heavy atom. The van der Waals surface area contributed by atoms with Crippen LogP contribution in [0.15, 0.2) is 54.7 Å². The highest BCUT2D eigenvalue weighted by molar-refractivity contribution is 6.12. The zero-order valence-electron chi connectivity index (χ0n) is 14.6. The first-order chi connectivity index (χ1) is 12.8. The second kappa shape index (κ2) is 7.68. The molecule has 0 radical (unpaired) electrons. The van der Waals surface area contributed by atoms with E-state index in [1.54, 1.807) is 0 Å². The van der Waals surface area contributed by atoms with Gasteiger partial charge in [-0.05, 0) is 16.8 Å². The second-order valence-corrected chi connectivity index (χ2v) is 6.40. The fourth-order valence-corrected chi connectivity index (χ4v) is 3.23. The summed E-state index contributed by atoms with van der Waals surface area (Å²) in [6.07, 6.45) is 1.90. The van der Waals surface area contributed by atoms with Crippen molar-refractivity contribution < 1.29 is 9.53 Å². The van der Waals surface area contributed by atoms with Crippen molar-refractivity contribution >= 4 is 22.5 Å². The predicted octanol–water partition coefficient (Wildman–Crippen LogP) is 2.62. The Labute approximate surface area is 152 Å². The lowest BCUT2D eigenvalue weighted by molar-refractivity contribution is 0.0360. The number of morpholine rings is 1. The molecule has 3 aromatic rings. The van der Waals surface area contributed by atoms with E-state index >= 15 is 0 Å². The van der Waals surface area contributed by atoms with Gasteiger partial charge in [-0.1, -0.05) is 36.4 Å². The number of hydrogen-bond acceptors (Lipinski definition) is 4. The second-order valence-electron chi connectivity index (χ2n) is 6.40. The van der Waals surface area contributed by atoms with Crippen molar-refractivity contribution in [2.24, 2.45) is 0 Å². The number of nitrogens with zero attached hydrogens (tertiary/aromatic N) is 3. The van der Waals surface area contributed by atoms with E-state index in [0.29, 0.717) is 11.4 Å². The average molecular weight is 350 g/mol. The zero-order valence-corrected chi connectivity index (χ0v) is 14.6.